The van der Waals surface area contributed by atoms with Crippen molar-refractivity contribution in [3.63, 3.8) is 0 Å². The first-order chi connectivity index (χ1) is 6.77. The maximum absolute atomic E-state index is 6.17. The highest BCUT2D eigenvalue weighted by molar-refractivity contribution is 7.11. The minimum atomic E-state index is 0.112. The van der Waals surface area contributed by atoms with Gasteiger partial charge in [0.05, 0.1) is 11.6 Å². The predicted molar refractivity (Wildman–Crippen MR) is 57.3 cm³/mol. The molecule has 2 N–H and O–H groups in total. The summed E-state index contributed by atoms with van der Waals surface area (Å²) < 4.78 is 5.44. The van der Waals surface area contributed by atoms with Crippen LogP contribution < -0.4 is 5.73 Å². The number of nitrogens with two attached hydrogens (primary N) is 1. The first-order valence-corrected chi connectivity index (χ1v) is 5.84. The Labute approximate surface area is 88.3 Å². The fourth-order valence-corrected chi connectivity index (χ4v) is 2.69. The van der Waals surface area contributed by atoms with E-state index in [9.17, 15) is 0 Å². The van der Waals surface area contributed by atoms with Crippen molar-refractivity contribution in [2.75, 3.05) is 13.2 Å². The van der Waals surface area contributed by atoms with Crippen LogP contribution in [0.5, 0.6) is 0 Å². The van der Waals surface area contributed by atoms with Crippen LogP contribution in [0.15, 0.2) is 6.20 Å². The molecular formula is C10H16N2OS. The van der Waals surface area contributed by atoms with E-state index in [1.165, 1.54) is 11.3 Å². The van der Waals surface area contributed by atoms with Crippen LogP contribution in [-0.4, -0.2) is 18.2 Å². The summed E-state index contributed by atoms with van der Waals surface area (Å²) in [7, 11) is 0. The van der Waals surface area contributed by atoms with Gasteiger partial charge in [-0.25, -0.2) is 4.98 Å². The van der Waals surface area contributed by atoms with Crippen LogP contribution in [-0.2, 0) is 4.74 Å². The third-order valence-corrected chi connectivity index (χ3v) is 3.69. The molecule has 0 radical (unpaired) electrons. The maximum atomic E-state index is 6.17. The van der Waals surface area contributed by atoms with Gasteiger partial charge in [0.15, 0.2) is 0 Å². The Kier molecular flexibility index (Phi) is 3.15. The van der Waals surface area contributed by atoms with Gasteiger partial charge in [0, 0.05) is 29.6 Å². The maximum Gasteiger partial charge on any atom is 0.0897 e. The minimum Gasteiger partial charge on any atom is -0.381 e. The molecule has 1 aliphatic rings. The van der Waals surface area contributed by atoms with Gasteiger partial charge in [0.25, 0.3) is 0 Å². The van der Waals surface area contributed by atoms with Gasteiger partial charge in [-0.1, -0.05) is 0 Å². The van der Waals surface area contributed by atoms with Crippen molar-refractivity contribution >= 4 is 11.3 Å². The standard InChI is InChI=1S/C10H16N2OS/c1-7-12-5-9(14-7)10(11)8-3-2-4-13-6-8/h5,8,10H,2-4,6,11H2,1H3. The fourth-order valence-electron chi connectivity index (χ4n) is 1.81. The molecule has 78 valence electrons. The van der Waals surface area contributed by atoms with Gasteiger partial charge in [-0.3, -0.25) is 0 Å². The second kappa shape index (κ2) is 4.38. The van der Waals surface area contributed by atoms with E-state index in [-0.39, 0.29) is 6.04 Å². The molecule has 0 aliphatic carbocycles. The van der Waals surface area contributed by atoms with Gasteiger partial charge in [0.1, 0.15) is 0 Å². The molecule has 0 saturated carbocycles. The van der Waals surface area contributed by atoms with E-state index in [4.69, 9.17) is 10.5 Å². The lowest BCUT2D eigenvalue weighted by molar-refractivity contribution is 0.0452. The molecule has 0 spiro atoms. The molecule has 1 aromatic heterocycles. The predicted octanol–water partition coefficient (Wildman–Crippen LogP) is 1.88. The Morgan fingerprint density at radius 3 is 3.14 bits per heavy atom. The van der Waals surface area contributed by atoms with Crippen molar-refractivity contribution < 1.29 is 4.74 Å². The van der Waals surface area contributed by atoms with Crippen LogP contribution in [0.4, 0.5) is 0 Å². The highest BCUT2D eigenvalue weighted by Crippen LogP contribution is 2.29. The van der Waals surface area contributed by atoms with E-state index in [2.05, 4.69) is 4.98 Å². The third-order valence-electron chi connectivity index (χ3n) is 2.67. The largest absolute Gasteiger partial charge is 0.381 e. The highest BCUT2D eigenvalue weighted by Gasteiger charge is 2.23. The van der Waals surface area contributed by atoms with Gasteiger partial charge >= 0.3 is 0 Å². The van der Waals surface area contributed by atoms with Crippen LogP contribution in [0, 0.1) is 12.8 Å². The molecule has 2 unspecified atom stereocenters. The normalized spacial score (nSPS) is 24.9. The Morgan fingerprint density at radius 2 is 2.57 bits per heavy atom. The summed E-state index contributed by atoms with van der Waals surface area (Å²) >= 11 is 1.70. The fraction of sp³-hybridized carbons (Fsp3) is 0.700. The zero-order valence-electron chi connectivity index (χ0n) is 8.40. The average Bonchev–Trinajstić information content (AvgIpc) is 2.65. The first kappa shape index (κ1) is 10.1. The van der Waals surface area contributed by atoms with E-state index < -0.39 is 0 Å². The lowest BCUT2D eigenvalue weighted by Gasteiger charge is -2.26. The number of aromatic nitrogens is 1. The number of rotatable bonds is 2. The van der Waals surface area contributed by atoms with Gasteiger partial charge in [0.2, 0.25) is 0 Å². The number of thiazole rings is 1. The topological polar surface area (TPSA) is 48.1 Å². The lowest BCUT2D eigenvalue weighted by atomic mass is 9.94. The highest BCUT2D eigenvalue weighted by atomic mass is 32.1. The molecular weight excluding hydrogens is 196 g/mol. The van der Waals surface area contributed by atoms with Crippen molar-refractivity contribution in [3.05, 3.63) is 16.1 Å². The molecule has 2 atom stereocenters. The van der Waals surface area contributed by atoms with Crippen LogP contribution in [0.25, 0.3) is 0 Å². The average molecular weight is 212 g/mol. The Hall–Kier alpha value is -0.450. The van der Waals surface area contributed by atoms with Crippen molar-refractivity contribution in [1.82, 2.24) is 4.98 Å². The number of ether oxygens (including phenoxy) is 1. The Morgan fingerprint density at radius 1 is 1.71 bits per heavy atom. The minimum absolute atomic E-state index is 0.112. The molecule has 1 fully saturated rings. The van der Waals surface area contributed by atoms with E-state index >= 15 is 0 Å². The van der Waals surface area contributed by atoms with Gasteiger partial charge in [-0.2, -0.15) is 0 Å². The SMILES string of the molecule is Cc1ncc(C(N)C2CCCOC2)s1. The molecule has 14 heavy (non-hydrogen) atoms. The van der Waals surface area contributed by atoms with Gasteiger partial charge < -0.3 is 10.5 Å². The van der Waals surface area contributed by atoms with Crippen LogP contribution in [0.1, 0.15) is 28.8 Å². The van der Waals surface area contributed by atoms with E-state index in [0.29, 0.717) is 5.92 Å². The molecule has 4 heteroatoms. The Bertz CT molecular complexity index is 294. The second-order valence-corrected chi connectivity index (χ2v) is 5.05. The quantitative estimate of drug-likeness (QED) is 0.814. The van der Waals surface area contributed by atoms with E-state index in [1.54, 1.807) is 11.3 Å². The zero-order valence-corrected chi connectivity index (χ0v) is 9.22. The lowest BCUT2D eigenvalue weighted by Crippen LogP contribution is -2.28. The second-order valence-electron chi connectivity index (χ2n) is 3.78. The number of nitrogens with zero attached hydrogens (tertiary/aromatic N) is 1. The molecule has 3 nitrogen and oxygen atoms in total. The van der Waals surface area contributed by atoms with Crippen molar-refractivity contribution in [1.29, 1.82) is 0 Å². The summed E-state index contributed by atoms with van der Waals surface area (Å²) in [5.74, 6) is 0.476. The molecule has 0 bridgehead atoms. The van der Waals surface area contributed by atoms with Crippen LogP contribution in [0.3, 0.4) is 0 Å². The zero-order chi connectivity index (χ0) is 9.97. The summed E-state index contributed by atoms with van der Waals surface area (Å²) in [6.45, 7) is 3.71. The summed E-state index contributed by atoms with van der Waals surface area (Å²) in [6, 6.07) is 0.112. The number of hydrogen-bond acceptors (Lipinski definition) is 4. The molecule has 2 heterocycles. The summed E-state index contributed by atoms with van der Waals surface area (Å²) in [5, 5.41) is 1.09. The molecule has 1 aromatic rings. The molecule has 0 amide bonds. The molecule has 2 rings (SSSR count). The van der Waals surface area contributed by atoms with Gasteiger partial charge in [-0.05, 0) is 19.8 Å². The third kappa shape index (κ3) is 2.13. The van der Waals surface area contributed by atoms with Crippen molar-refractivity contribution in [2.24, 2.45) is 11.7 Å². The Balaban J connectivity index is 2.03. The van der Waals surface area contributed by atoms with Gasteiger partial charge in [-0.15, -0.1) is 11.3 Å². The summed E-state index contributed by atoms with van der Waals surface area (Å²) in [5.41, 5.74) is 6.17. The smallest absolute Gasteiger partial charge is 0.0897 e. The number of aryl methyl sites for hydroxylation is 1. The van der Waals surface area contributed by atoms with Crippen molar-refractivity contribution in [2.45, 2.75) is 25.8 Å². The molecule has 1 saturated heterocycles. The van der Waals surface area contributed by atoms with E-state index in [1.807, 2.05) is 13.1 Å². The van der Waals surface area contributed by atoms with Crippen LogP contribution >= 0.6 is 11.3 Å². The summed E-state index contributed by atoms with van der Waals surface area (Å²) in [4.78, 5) is 5.42. The first-order valence-electron chi connectivity index (χ1n) is 5.03. The van der Waals surface area contributed by atoms with Crippen molar-refractivity contribution in [3.8, 4) is 0 Å². The molecule has 1 aliphatic heterocycles. The van der Waals surface area contributed by atoms with Crippen LogP contribution in [0.2, 0.25) is 0 Å². The molecule has 0 aromatic carbocycles. The monoisotopic (exact) mass is 212 g/mol. The van der Waals surface area contributed by atoms with E-state index in [0.717, 1.165) is 24.6 Å². The summed E-state index contributed by atoms with van der Waals surface area (Å²) in [6.07, 6.45) is 4.22. The number of hydrogen-bond donors (Lipinski definition) is 1.